The molecule has 4 rings (SSSR count). The predicted molar refractivity (Wildman–Crippen MR) is 121 cm³/mol. The van der Waals surface area contributed by atoms with Crippen LogP contribution in [0, 0.1) is 6.92 Å². The van der Waals surface area contributed by atoms with Crippen molar-refractivity contribution in [3.63, 3.8) is 0 Å². The van der Waals surface area contributed by atoms with E-state index in [-0.39, 0.29) is 0 Å². The fourth-order valence-electron chi connectivity index (χ4n) is 4.44. The van der Waals surface area contributed by atoms with Gasteiger partial charge < -0.3 is 25.8 Å². The molecule has 30 heavy (non-hydrogen) atoms. The van der Waals surface area contributed by atoms with Gasteiger partial charge in [0.2, 0.25) is 0 Å². The zero-order valence-electron chi connectivity index (χ0n) is 18.0. The molecule has 2 aliphatic heterocycles. The second-order valence-electron chi connectivity index (χ2n) is 8.52. The van der Waals surface area contributed by atoms with E-state index in [1.165, 1.54) is 5.56 Å². The smallest absolute Gasteiger partial charge is 0.144 e. The van der Waals surface area contributed by atoms with Crippen LogP contribution in [0.15, 0.2) is 29.3 Å². The first-order chi connectivity index (χ1) is 14.5. The van der Waals surface area contributed by atoms with Gasteiger partial charge in [-0.05, 0) is 57.7 Å². The van der Waals surface area contributed by atoms with Crippen LogP contribution in [0.4, 0.5) is 5.82 Å². The van der Waals surface area contributed by atoms with Crippen LogP contribution in [0.1, 0.15) is 43.7 Å². The summed E-state index contributed by atoms with van der Waals surface area (Å²) in [5, 5.41) is 14.6. The highest BCUT2D eigenvalue weighted by atomic mass is 16.5. The van der Waals surface area contributed by atoms with Crippen LogP contribution in [0.2, 0.25) is 0 Å². The van der Waals surface area contributed by atoms with Gasteiger partial charge in [0, 0.05) is 43.8 Å². The highest BCUT2D eigenvalue weighted by molar-refractivity contribution is 6.04. The number of aryl methyl sites for hydroxylation is 1. The van der Waals surface area contributed by atoms with E-state index in [0.29, 0.717) is 17.9 Å². The second-order valence-corrected chi connectivity index (χ2v) is 8.52. The van der Waals surface area contributed by atoms with Crippen molar-refractivity contribution in [2.75, 3.05) is 31.2 Å². The molecule has 7 nitrogen and oxygen atoms in total. The molecule has 2 aliphatic rings. The van der Waals surface area contributed by atoms with Crippen molar-refractivity contribution in [3.8, 4) is 0 Å². The molecule has 0 amide bonds. The molecule has 7 heteroatoms. The van der Waals surface area contributed by atoms with E-state index in [2.05, 4.69) is 46.4 Å². The average molecular weight is 412 g/mol. The molecule has 0 saturated carbocycles. The Hall–Kier alpha value is -2.22. The molecule has 1 unspecified atom stereocenters. The van der Waals surface area contributed by atoms with Gasteiger partial charge in [0.05, 0.1) is 11.1 Å². The standard InChI is InChI=1S/C23H33N5O2/c1-15-3-4-21-17(13-15)14-20(22(24)25-16(2)29)23(27-21)28-9-5-18(6-10-28)26-19-7-11-30-12-8-19/h3-4,13-14,16,18-19,26,29H,5-12H2,1-2H3,(H2,24,25). The Morgan fingerprint density at radius 3 is 2.60 bits per heavy atom. The molecule has 1 aromatic heterocycles. The topological polar surface area (TPSA) is 96.0 Å². The van der Waals surface area contributed by atoms with Crippen molar-refractivity contribution in [2.45, 2.75) is 57.8 Å². The summed E-state index contributed by atoms with van der Waals surface area (Å²) >= 11 is 0. The van der Waals surface area contributed by atoms with Crippen molar-refractivity contribution < 1.29 is 9.84 Å². The Labute approximate surface area is 178 Å². The van der Waals surface area contributed by atoms with E-state index in [1.807, 2.05) is 0 Å². The lowest BCUT2D eigenvalue weighted by molar-refractivity contribution is 0.0738. The van der Waals surface area contributed by atoms with Gasteiger partial charge >= 0.3 is 0 Å². The Kier molecular flexibility index (Phi) is 6.51. The first kappa shape index (κ1) is 21.0. The zero-order chi connectivity index (χ0) is 21.1. The van der Waals surface area contributed by atoms with E-state index in [9.17, 15) is 5.11 Å². The number of nitrogens with zero attached hydrogens (tertiary/aromatic N) is 3. The number of amidine groups is 1. The van der Waals surface area contributed by atoms with Gasteiger partial charge in [-0.25, -0.2) is 9.98 Å². The maximum atomic E-state index is 9.71. The van der Waals surface area contributed by atoms with Crippen molar-refractivity contribution in [1.29, 1.82) is 0 Å². The van der Waals surface area contributed by atoms with Crippen LogP contribution in [-0.2, 0) is 4.74 Å². The van der Waals surface area contributed by atoms with Gasteiger partial charge in [0.15, 0.2) is 0 Å². The summed E-state index contributed by atoms with van der Waals surface area (Å²) in [5.74, 6) is 1.19. The lowest BCUT2D eigenvalue weighted by atomic mass is 10.0. The van der Waals surface area contributed by atoms with Gasteiger partial charge in [-0.3, -0.25) is 0 Å². The Morgan fingerprint density at radius 1 is 1.20 bits per heavy atom. The molecular formula is C23H33N5O2. The Balaban J connectivity index is 1.56. The van der Waals surface area contributed by atoms with E-state index >= 15 is 0 Å². The number of anilines is 1. The minimum atomic E-state index is -0.847. The maximum absolute atomic E-state index is 9.71. The molecule has 2 fully saturated rings. The summed E-state index contributed by atoms with van der Waals surface area (Å²) in [5.41, 5.74) is 9.20. The zero-order valence-corrected chi connectivity index (χ0v) is 18.0. The molecule has 0 aliphatic carbocycles. The van der Waals surface area contributed by atoms with Crippen molar-refractivity contribution in [1.82, 2.24) is 10.3 Å². The molecule has 0 bridgehead atoms. The van der Waals surface area contributed by atoms with E-state index in [1.54, 1.807) is 6.92 Å². The number of ether oxygens (including phenoxy) is 1. The number of aliphatic hydroxyl groups excluding tert-OH is 1. The van der Waals surface area contributed by atoms with Crippen molar-refractivity contribution >= 4 is 22.6 Å². The lowest BCUT2D eigenvalue weighted by Gasteiger charge is -2.36. The summed E-state index contributed by atoms with van der Waals surface area (Å²) in [6.07, 6.45) is 3.49. The number of hydrogen-bond donors (Lipinski definition) is 3. The number of piperidine rings is 1. The molecule has 2 aromatic rings. The summed E-state index contributed by atoms with van der Waals surface area (Å²) < 4.78 is 5.47. The maximum Gasteiger partial charge on any atom is 0.144 e. The van der Waals surface area contributed by atoms with Crippen LogP contribution in [0.3, 0.4) is 0 Å². The van der Waals surface area contributed by atoms with Gasteiger partial charge in [0.25, 0.3) is 0 Å². The number of benzene rings is 1. The largest absolute Gasteiger partial charge is 0.383 e. The Morgan fingerprint density at radius 2 is 1.90 bits per heavy atom. The monoisotopic (exact) mass is 411 g/mol. The average Bonchev–Trinajstić information content (AvgIpc) is 2.73. The molecule has 0 spiro atoms. The number of aliphatic hydroxyl groups is 1. The van der Waals surface area contributed by atoms with Gasteiger partial charge in [-0.1, -0.05) is 11.6 Å². The molecule has 4 N–H and O–H groups in total. The van der Waals surface area contributed by atoms with Crippen LogP contribution in [0.5, 0.6) is 0 Å². The third-order valence-electron chi connectivity index (χ3n) is 6.04. The van der Waals surface area contributed by atoms with Gasteiger partial charge in [0.1, 0.15) is 17.9 Å². The SMILES string of the molecule is Cc1ccc2nc(N3CCC(NC4CCOCC4)CC3)c(C(N)=NC(C)O)cc2c1. The number of aromatic nitrogens is 1. The fraction of sp³-hybridized carbons (Fsp3) is 0.565. The van der Waals surface area contributed by atoms with E-state index in [4.69, 9.17) is 15.5 Å². The van der Waals surface area contributed by atoms with Crippen LogP contribution in [-0.4, -0.2) is 60.5 Å². The minimum absolute atomic E-state index is 0.332. The number of rotatable bonds is 5. The summed E-state index contributed by atoms with van der Waals surface area (Å²) in [4.78, 5) is 11.4. The van der Waals surface area contributed by atoms with E-state index in [0.717, 1.165) is 74.3 Å². The molecule has 162 valence electrons. The van der Waals surface area contributed by atoms with Crippen LogP contribution < -0.4 is 16.0 Å². The van der Waals surface area contributed by atoms with Crippen molar-refractivity contribution in [2.24, 2.45) is 10.7 Å². The third-order valence-corrected chi connectivity index (χ3v) is 6.04. The van der Waals surface area contributed by atoms with Crippen LogP contribution in [0.25, 0.3) is 10.9 Å². The first-order valence-corrected chi connectivity index (χ1v) is 11.0. The molecule has 1 atom stereocenters. The van der Waals surface area contributed by atoms with Crippen LogP contribution >= 0.6 is 0 Å². The third kappa shape index (κ3) is 4.91. The number of fused-ring (bicyclic) bond motifs is 1. The number of hydrogen-bond acceptors (Lipinski definition) is 6. The first-order valence-electron chi connectivity index (χ1n) is 11.0. The van der Waals surface area contributed by atoms with Crippen molar-refractivity contribution in [3.05, 3.63) is 35.4 Å². The molecule has 0 radical (unpaired) electrons. The fourth-order valence-corrected chi connectivity index (χ4v) is 4.44. The van der Waals surface area contributed by atoms with Gasteiger partial charge in [-0.15, -0.1) is 0 Å². The van der Waals surface area contributed by atoms with E-state index < -0.39 is 6.23 Å². The summed E-state index contributed by atoms with van der Waals surface area (Å²) in [7, 11) is 0. The summed E-state index contributed by atoms with van der Waals surface area (Å²) in [6, 6.07) is 9.39. The number of aliphatic imine (C=N–C) groups is 1. The highest BCUT2D eigenvalue weighted by Gasteiger charge is 2.26. The molecule has 2 saturated heterocycles. The summed E-state index contributed by atoms with van der Waals surface area (Å²) in [6.45, 7) is 7.24. The molecule has 1 aromatic carbocycles. The van der Waals surface area contributed by atoms with Gasteiger partial charge in [-0.2, -0.15) is 0 Å². The minimum Gasteiger partial charge on any atom is -0.383 e. The number of pyridine rings is 1. The number of nitrogens with one attached hydrogen (secondary N) is 1. The normalized spacial score (nSPS) is 20.6. The number of nitrogens with two attached hydrogens (primary N) is 1. The quantitative estimate of drug-likeness (QED) is 0.516. The second kappa shape index (κ2) is 9.29. The predicted octanol–water partition coefficient (Wildman–Crippen LogP) is 2.32. The lowest BCUT2D eigenvalue weighted by Crippen LogP contribution is -2.48. The highest BCUT2D eigenvalue weighted by Crippen LogP contribution is 2.27. The molecular weight excluding hydrogens is 378 g/mol. The Bertz CT molecular complexity index is 900. The molecule has 3 heterocycles.